The van der Waals surface area contributed by atoms with Crippen LogP contribution in [0.15, 0.2) is 53.3 Å². The molecule has 0 saturated heterocycles. The van der Waals surface area contributed by atoms with Crippen LogP contribution in [0.5, 0.6) is 5.75 Å². The van der Waals surface area contributed by atoms with Gasteiger partial charge in [0.05, 0.1) is 6.04 Å². The molecule has 1 aromatic heterocycles. The van der Waals surface area contributed by atoms with Crippen molar-refractivity contribution in [3.05, 3.63) is 65.5 Å². The molecule has 1 N–H and O–H groups in total. The number of carbonyl (C=O) groups is 1. The van der Waals surface area contributed by atoms with Crippen LogP contribution in [-0.4, -0.2) is 22.7 Å². The molecule has 0 bridgehead atoms. The van der Waals surface area contributed by atoms with Crippen molar-refractivity contribution in [2.24, 2.45) is 0 Å². The fraction of sp³-hybridized carbons (Fsp3) is 0.318. The predicted octanol–water partition coefficient (Wildman–Crippen LogP) is 3.87. The van der Waals surface area contributed by atoms with Crippen LogP contribution in [0.25, 0.3) is 11.5 Å². The van der Waals surface area contributed by atoms with Gasteiger partial charge in [0.15, 0.2) is 6.61 Å². The molecule has 144 valence electrons. The summed E-state index contributed by atoms with van der Waals surface area (Å²) in [5.41, 5.74) is 4.80. The number of aromatic nitrogens is 2. The monoisotopic (exact) mass is 377 g/mol. The predicted molar refractivity (Wildman–Crippen MR) is 105 cm³/mol. The van der Waals surface area contributed by atoms with E-state index in [9.17, 15) is 4.79 Å². The van der Waals surface area contributed by atoms with Crippen LogP contribution in [0, 0.1) is 0 Å². The zero-order valence-corrected chi connectivity index (χ0v) is 15.9. The molecule has 0 unspecified atom stereocenters. The molecule has 2 aromatic carbocycles. The Kier molecular flexibility index (Phi) is 5.37. The molecule has 1 amide bonds. The summed E-state index contributed by atoms with van der Waals surface area (Å²) >= 11 is 0. The smallest absolute Gasteiger partial charge is 0.258 e. The maximum absolute atomic E-state index is 12.3. The zero-order chi connectivity index (χ0) is 19.3. The first-order valence-corrected chi connectivity index (χ1v) is 9.59. The molecule has 3 aromatic rings. The Morgan fingerprint density at radius 1 is 1.14 bits per heavy atom. The van der Waals surface area contributed by atoms with Crippen molar-refractivity contribution in [2.45, 2.75) is 38.6 Å². The normalized spacial score (nSPS) is 14.2. The van der Waals surface area contributed by atoms with Gasteiger partial charge in [-0.05, 0) is 73.6 Å². The molecule has 0 radical (unpaired) electrons. The second kappa shape index (κ2) is 8.25. The van der Waals surface area contributed by atoms with E-state index in [0.717, 1.165) is 24.0 Å². The number of nitrogens with zero attached hydrogens (tertiary/aromatic N) is 2. The molecular formula is C22H23N3O3. The van der Waals surface area contributed by atoms with Gasteiger partial charge < -0.3 is 14.5 Å². The van der Waals surface area contributed by atoms with Gasteiger partial charge in [-0.15, -0.1) is 10.2 Å². The first-order valence-electron chi connectivity index (χ1n) is 9.59. The highest BCUT2D eigenvalue weighted by Gasteiger charge is 2.14. The summed E-state index contributed by atoms with van der Waals surface area (Å²) < 4.78 is 10.7. The number of carbonyl (C=O) groups excluding carboxylic acids is 1. The zero-order valence-electron chi connectivity index (χ0n) is 15.9. The first-order chi connectivity index (χ1) is 13.7. The summed E-state index contributed by atoms with van der Waals surface area (Å²) in [6, 6.07) is 13.7. The van der Waals surface area contributed by atoms with E-state index < -0.39 is 0 Å². The molecular weight excluding hydrogens is 354 g/mol. The molecule has 28 heavy (non-hydrogen) atoms. The van der Waals surface area contributed by atoms with Crippen molar-refractivity contribution >= 4 is 5.91 Å². The maximum atomic E-state index is 12.3. The number of amides is 1. The first kappa shape index (κ1) is 18.2. The number of hydrogen-bond acceptors (Lipinski definition) is 5. The van der Waals surface area contributed by atoms with Gasteiger partial charge in [-0.1, -0.05) is 18.2 Å². The van der Waals surface area contributed by atoms with Crippen molar-refractivity contribution in [2.75, 3.05) is 6.61 Å². The van der Waals surface area contributed by atoms with Crippen LogP contribution >= 0.6 is 0 Å². The average molecular weight is 377 g/mol. The van der Waals surface area contributed by atoms with E-state index in [1.807, 2.05) is 19.1 Å². The molecule has 1 atom stereocenters. The lowest BCUT2D eigenvalue weighted by Crippen LogP contribution is -2.31. The van der Waals surface area contributed by atoms with Crippen LogP contribution in [0.1, 0.15) is 42.5 Å². The van der Waals surface area contributed by atoms with Gasteiger partial charge in [0.2, 0.25) is 12.3 Å². The van der Waals surface area contributed by atoms with Crippen LogP contribution in [0.3, 0.4) is 0 Å². The van der Waals surface area contributed by atoms with E-state index in [4.69, 9.17) is 9.15 Å². The van der Waals surface area contributed by atoms with Gasteiger partial charge in [-0.2, -0.15) is 0 Å². The van der Waals surface area contributed by atoms with Gasteiger partial charge in [0, 0.05) is 5.56 Å². The van der Waals surface area contributed by atoms with E-state index in [1.54, 1.807) is 12.1 Å². The minimum absolute atomic E-state index is 0.0326. The number of hydrogen-bond donors (Lipinski definition) is 1. The second-order valence-electron chi connectivity index (χ2n) is 7.08. The van der Waals surface area contributed by atoms with Gasteiger partial charge in [-0.3, -0.25) is 4.79 Å². The lowest BCUT2D eigenvalue weighted by Gasteiger charge is -2.20. The fourth-order valence-corrected chi connectivity index (χ4v) is 3.53. The van der Waals surface area contributed by atoms with Gasteiger partial charge in [-0.25, -0.2) is 0 Å². The Bertz CT molecular complexity index is 936. The quantitative estimate of drug-likeness (QED) is 0.706. The second-order valence-corrected chi connectivity index (χ2v) is 7.08. The van der Waals surface area contributed by atoms with Crippen LogP contribution in [0.4, 0.5) is 0 Å². The van der Waals surface area contributed by atoms with Gasteiger partial charge in [0.1, 0.15) is 5.75 Å². The number of benzene rings is 2. The molecule has 0 spiro atoms. The largest absolute Gasteiger partial charge is 0.484 e. The highest BCUT2D eigenvalue weighted by molar-refractivity contribution is 5.78. The molecule has 1 aliphatic rings. The van der Waals surface area contributed by atoms with Crippen LogP contribution in [0.2, 0.25) is 0 Å². The summed E-state index contributed by atoms with van der Waals surface area (Å²) in [5, 5.41) is 10.5. The number of aryl methyl sites for hydroxylation is 2. The van der Waals surface area contributed by atoms with Crippen molar-refractivity contribution in [3.8, 4) is 17.2 Å². The summed E-state index contributed by atoms with van der Waals surface area (Å²) in [4.78, 5) is 12.3. The Hall–Kier alpha value is -3.15. The lowest BCUT2D eigenvalue weighted by molar-refractivity contribution is -0.123. The highest BCUT2D eigenvalue weighted by Crippen LogP contribution is 2.25. The van der Waals surface area contributed by atoms with Crippen molar-refractivity contribution < 1.29 is 13.9 Å². The van der Waals surface area contributed by atoms with E-state index in [-0.39, 0.29) is 18.6 Å². The molecule has 6 heteroatoms. The number of nitrogens with one attached hydrogen (secondary N) is 1. The molecule has 6 nitrogen and oxygen atoms in total. The fourth-order valence-electron chi connectivity index (χ4n) is 3.53. The van der Waals surface area contributed by atoms with E-state index >= 15 is 0 Å². The SMILES string of the molecule is C[C@@H](NC(=O)COc1ccc(-c2nnco2)cc1)c1ccc2c(c1)CCCC2. The topological polar surface area (TPSA) is 77.2 Å². The summed E-state index contributed by atoms with van der Waals surface area (Å²) in [7, 11) is 0. The summed E-state index contributed by atoms with van der Waals surface area (Å²) in [6.07, 6.45) is 6.10. The summed E-state index contributed by atoms with van der Waals surface area (Å²) in [6.45, 7) is 1.97. The molecule has 1 aliphatic carbocycles. The van der Waals surface area contributed by atoms with E-state index in [1.165, 1.54) is 30.4 Å². The third kappa shape index (κ3) is 4.22. The Balaban J connectivity index is 1.30. The van der Waals surface area contributed by atoms with Crippen molar-refractivity contribution in [1.82, 2.24) is 15.5 Å². The van der Waals surface area contributed by atoms with Gasteiger partial charge in [0.25, 0.3) is 5.91 Å². The van der Waals surface area contributed by atoms with Crippen LogP contribution < -0.4 is 10.1 Å². The molecule has 0 saturated carbocycles. The summed E-state index contributed by atoms with van der Waals surface area (Å²) in [5.74, 6) is 0.911. The molecule has 0 aliphatic heterocycles. The maximum Gasteiger partial charge on any atom is 0.258 e. The minimum Gasteiger partial charge on any atom is -0.484 e. The van der Waals surface area contributed by atoms with Crippen molar-refractivity contribution in [3.63, 3.8) is 0 Å². The average Bonchev–Trinajstić information content (AvgIpc) is 3.27. The van der Waals surface area contributed by atoms with Crippen LogP contribution in [-0.2, 0) is 17.6 Å². The highest BCUT2D eigenvalue weighted by atomic mass is 16.5. The Labute approximate surface area is 163 Å². The van der Waals surface area contributed by atoms with Crippen molar-refractivity contribution in [1.29, 1.82) is 0 Å². The molecule has 1 heterocycles. The van der Waals surface area contributed by atoms with E-state index in [0.29, 0.717) is 11.6 Å². The minimum atomic E-state index is -0.147. The molecule has 0 fully saturated rings. The number of ether oxygens (including phenoxy) is 1. The number of fused-ring (bicyclic) bond motifs is 1. The Morgan fingerprint density at radius 2 is 1.93 bits per heavy atom. The van der Waals surface area contributed by atoms with E-state index in [2.05, 4.69) is 33.7 Å². The third-order valence-corrected chi connectivity index (χ3v) is 5.08. The third-order valence-electron chi connectivity index (χ3n) is 5.08. The number of rotatable bonds is 6. The Morgan fingerprint density at radius 3 is 2.68 bits per heavy atom. The van der Waals surface area contributed by atoms with Gasteiger partial charge >= 0.3 is 0 Å². The lowest BCUT2D eigenvalue weighted by atomic mass is 9.89. The molecule has 4 rings (SSSR count). The standard InChI is InChI=1S/C22H23N3O3/c1-15(18-7-6-16-4-2-3-5-19(16)12-18)24-21(26)13-27-20-10-8-17(9-11-20)22-25-23-14-28-22/h6-12,14-15H,2-5,13H2,1H3,(H,24,26)/t15-/m1/s1.